The predicted molar refractivity (Wildman–Crippen MR) is 160 cm³/mol. The molecule has 0 unspecified atom stereocenters. The van der Waals surface area contributed by atoms with Crippen LogP contribution in [0.5, 0.6) is 0 Å². The molecular weight excluding hydrogens is 436 g/mol. The lowest BCUT2D eigenvalue weighted by Crippen LogP contribution is -2.08. The molecule has 0 N–H and O–H groups in total. The molecule has 0 spiro atoms. The summed E-state index contributed by atoms with van der Waals surface area (Å²) in [7, 11) is 8.37. The zero-order valence-electron chi connectivity index (χ0n) is 21.1. The first-order chi connectivity index (χ1) is 17.5. The van der Waals surface area contributed by atoms with Crippen LogP contribution in [-0.2, 0) is 0 Å². The van der Waals surface area contributed by atoms with Crippen molar-refractivity contribution in [3.05, 3.63) is 97.1 Å². The molecule has 0 bridgehead atoms. The number of nitrogens with zero attached hydrogens (tertiary/aromatic N) is 2. The van der Waals surface area contributed by atoms with E-state index in [-0.39, 0.29) is 0 Å². The third-order valence-corrected chi connectivity index (χ3v) is 7.78. The lowest BCUT2D eigenvalue weighted by molar-refractivity contribution is 1.14. The van der Waals surface area contributed by atoms with Crippen LogP contribution in [-0.4, -0.2) is 28.2 Å². The Balaban J connectivity index is 1.48. The Kier molecular flexibility index (Phi) is 4.44. The Morgan fingerprint density at radius 3 is 0.972 bits per heavy atom. The quantitative estimate of drug-likeness (QED) is 0.186. The highest BCUT2D eigenvalue weighted by Crippen LogP contribution is 2.38. The van der Waals surface area contributed by atoms with Gasteiger partial charge >= 0.3 is 0 Å². The lowest BCUT2D eigenvalue weighted by Gasteiger charge is -2.15. The summed E-state index contributed by atoms with van der Waals surface area (Å²) < 4.78 is 0. The minimum absolute atomic E-state index is 1.23. The molecule has 0 saturated carbocycles. The van der Waals surface area contributed by atoms with Crippen LogP contribution in [0.15, 0.2) is 97.1 Å². The normalized spacial score (nSPS) is 11.9. The van der Waals surface area contributed by atoms with E-state index in [9.17, 15) is 0 Å². The second-order valence-electron chi connectivity index (χ2n) is 10.3. The maximum absolute atomic E-state index is 2.38. The van der Waals surface area contributed by atoms with Crippen molar-refractivity contribution in [1.82, 2.24) is 0 Å². The van der Waals surface area contributed by atoms with Crippen molar-refractivity contribution in [1.29, 1.82) is 0 Å². The third kappa shape index (κ3) is 3.04. The number of hydrogen-bond acceptors (Lipinski definition) is 2. The van der Waals surface area contributed by atoms with Gasteiger partial charge in [-0.2, -0.15) is 0 Å². The first-order valence-corrected chi connectivity index (χ1v) is 12.5. The molecule has 2 nitrogen and oxygen atoms in total. The van der Waals surface area contributed by atoms with Crippen molar-refractivity contribution in [2.75, 3.05) is 38.0 Å². The fourth-order valence-electron chi connectivity index (χ4n) is 5.79. The van der Waals surface area contributed by atoms with Gasteiger partial charge in [-0.25, -0.2) is 0 Å². The molecule has 0 fully saturated rings. The molecule has 0 atom stereocenters. The fourth-order valence-corrected chi connectivity index (χ4v) is 5.79. The van der Waals surface area contributed by atoms with E-state index in [2.05, 4.69) is 135 Å². The van der Waals surface area contributed by atoms with Crippen LogP contribution in [0.4, 0.5) is 11.4 Å². The van der Waals surface area contributed by atoms with Crippen molar-refractivity contribution >= 4 is 76.0 Å². The van der Waals surface area contributed by atoms with Crippen LogP contribution < -0.4 is 9.80 Å². The summed E-state index contributed by atoms with van der Waals surface area (Å²) in [5, 5.41) is 15.6. The number of benzene rings is 7. The zero-order chi connectivity index (χ0) is 24.6. The highest BCUT2D eigenvalue weighted by molar-refractivity contribution is 6.23. The highest BCUT2D eigenvalue weighted by atomic mass is 15.1. The van der Waals surface area contributed by atoms with Crippen LogP contribution in [0.3, 0.4) is 0 Å². The second kappa shape index (κ2) is 7.60. The summed E-state index contributed by atoms with van der Waals surface area (Å²) in [6.45, 7) is 0. The van der Waals surface area contributed by atoms with Gasteiger partial charge < -0.3 is 9.80 Å². The summed E-state index contributed by atoms with van der Waals surface area (Å²) in [5.41, 5.74) is 2.46. The lowest BCUT2D eigenvalue weighted by atomic mass is 9.92. The molecular formula is C34H28N2. The van der Waals surface area contributed by atoms with Gasteiger partial charge in [0.25, 0.3) is 0 Å². The largest absolute Gasteiger partial charge is 0.378 e. The maximum atomic E-state index is 2.38. The molecule has 0 heterocycles. The van der Waals surface area contributed by atoms with E-state index in [1.807, 2.05) is 0 Å². The smallest absolute Gasteiger partial charge is 0.0367 e. The van der Waals surface area contributed by atoms with E-state index in [1.165, 1.54) is 76.0 Å². The van der Waals surface area contributed by atoms with Crippen LogP contribution in [0.1, 0.15) is 0 Å². The third-order valence-electron chi connectivity index (χ3n) is 7.78. The first kappa shape index (κ1) is 21.0. The molecule has 0 aliphatic heterocycles. The van der Waals surface area contributed by atoms with Crippen LogP contribution in [0.25, 0.3) is 64.6 Å². The average Bonchev–Trinajstić information content (AvgIpc) is 2.90. The number of fused-ring (bicyclic) bond motifs is 10. The van der Waals surface area contributed by atoms with E-state index in [0.717, 1.165) is 0 Å². The molecule has 2 heteroatoms. The number of hydrogen-bond donors (Lipinski definition) is 0. The van der Waals surface area contributed by atoms with Gasteiger partial charge in [0, 0.05) is 39.6 Å². The molecule has 174 valence electrons. The summed E-state index contributed by atoms with van der Waals surface area (Å²) in [6.07, 6.45) is 0. The Hall–Kier alpha value is -4.30. The van der Waals surface area contributed by atoms with Crippen LogP contribution in [0, 0.1) is 0 Å². The molecule has 7 rings (SSSR count). The monoisotopic (exact) mass is 464 g/mol. The molecule has 0 aromatic heterocycles. The molecule has 0 amide bonds. The Morgan fingerprint density at radius 2 is 0.611 bits per heavy atom. The number of rotatable bonds is 2. The van der Waals surface area contributed by atoms with Crippen LogP contribution >= 0.6 is 0 Å². The number of anilines is 2. The molecule has 7 aromatic rings. The van der Waals surface area contributed by atoms with Gasteiger partial charge in [-0.1, -0.05) is 60.7 Å². The molecule has 36 heavy (non-hydrogen) atoms. The summed E-state index contributed by atoms with van der Waals surface area (Å²) in [4.78, 5) is 4.32. The zero-order valence-corrected chi connectivity index (χ0v) is 21.1. The van der Waals surface area contributed by atoms with Gasteiger partial charge in [-0.15, -0.1) is 0 Å². The van der Waals surface area contributed by atoms with E-state index < -0.39 is 0 Å². The van der Waals surface area contributed by atoms with E-state index >= 15 is 0 Å². The van der Waals surface area contributed by atoms with Crippen molar-refractivity contribution in [2.45, 2.75) is 0 Å². The standard InChI is InChI=1S/C34H28N2/c1-35(2)25-9-15-27-21(17-25)5-13-31-29(27)11-7-23-20-34-24(19-33(23)31)8-12-30-28-16-10-26(36(3)4)18-22(28)6-14-32(30)34/h5-20H,1-4H3. The van der Waals surface area contributed by atoms with Gasteiger partial charge in [-0.3, -0.25) is 0 Å². The van der Waals surface area contributed by atoms with Gasteiger partial charge in [0.1, 0.15) is 0 Å². The van der Waals surface area contributed by atoms with E-state index in [0.29, 0.717) is 0 Å². The Morgan fingerprint density at radius 1 is 0.306 bits per heavy atom. The predicted octanol–water partition coefficient (Wildman–Crippen LogP) is 8.74. The topological polar surface area (TPSA) is 6.48 Å². The van der Waals surface area contributed by atoms with Crippen molar-refractivity contribution in [3.63, 3.8) is 0 Å². The van der Waals surface area contributed by atoms with Gasteiger partial charge in [0.05, 0.1) is 0 Å². The first-order valence-electron chi connectivity index (χ1n) is 12.5. The maximum Gasteiger partial charge on any atom is 0.0367 e. The fraction of sp³-hybridized carbons (Fsp3) is 0.118. The van der Waals surface area contributed by atoms with E-state index in [1.54, 1.807) is 0 Å². The van der Waals surface area contributed by atoms with Gasteiger partial charge in [-0.05, 0) is 101 Å². The molecule has 0 aliphatic carbocycles. The second-order valence-corrected chi connectivity index (χ2v) is 10.3. The summed E-state index contributed by atoms with van der Waals surface area (Å²) in [6, 6.07) is 36.6. The molecule has 0 radical (unpaired) electrons. The van der Waals surface area contributed by atoms with E-state index in [4.69, 9.17) is 0 Å². The average molecular weight is 465 g/mol. The molecule has 0 saturated heterocycles. The highest BCUT2D eigenvalue weighted by Gasteiger charge is 2.10. The SMILES string of the molecule is CN(C)c1ccc2c(ccc3c4cc5ccc6c7ccc(N(C)C)cc7ccc6c5cc4ccc23)c1. The molecule has 7 aromatic carbocycles. The summed E-state index contributed by atoms with van der Waals surface area (Å²) in [5.74, 6) is 0. The summed E-state index contributed by atoms with van der Waals surface area (Å²) >= 11 is 0. The Bertz CT molecular complexity index is 1850. The minimum atomic E-state index is 1.23. The van der Waals surface area contributed by atoms with Gasteiger partial charge in [0.2, 0.25) is 0 Å². The van der Waals surface area contributed by atoms with Crippen LogP contribution in [0.2, 0.25) is 0 Å². The minimum Gasteiger partial charge on any atom is -0.378 e. The molecule has 0 aliphatic rings. The van der Waals surface area contributed by atoms with Crippen molar-refractivity contribution in [2.24, 2.45) is 0 Å². The van der Waals surface area contributed by atoms with Crippen molar-refractivity contribution < 1.29 is 0 Å². The van der Waals surface area contributed by atoms with Crippen molar-refractivity contribution in [3.8, 4) is 0 Å². The Labute approximate surface area is 211 Å². The van der Waals surface area contributed by atoms with Gasteiger partial charge in [0.15, 0.2) is 0 Å².